The van der Waals surface area contributed by atoms with Gasteiger partial charge in [0.25, 0.3) is 0 Å². The van der Waals surface area contributed by atoms with E-state index in [0.29, 0.717) is 4.83 Å². The average Bonchev–Trinajstić information content (AvgIpc) is 2.69. The molecule has 134 valence electrons. The fraction of sp³-hybridized carbons (Fsp3) is 0.440. The van der Waals surface area contributed by atoms with E-state index in [2.05, 4.69) is 58.4 Å². The zero-order valence-electron chi connectivity index (χ0n) is 15.4. The molecule has 0 amide bonds. The molecule has 0 radical (unpaired) electrons. The highest BCUT2D eigenvalue weighted by molar-refractivity contribution is 9.09. The van der Waals surface area contributed by atoms with Gasteiger partial charge in [-0.05, 0) is 69.8 Å². The molecule has 0 aromatic heterocycles. The molecule has 26 heavy (non-hydrogen) atoms. The molecule has 3 aromatic rings. The Hall–Kier alpha value is -1.34. The van der Waals surface area contributed by atoms with Gasteiger partial charge >= 0.3 is 0 Å². The topological polar surface area (TPSA) is 0 Å². The molecular formula is C25H27Br. The van der Waals surface area contributed by atoms with Crippen LogP contribution in [0.4, 0.5) is 0 Å². The van der Waals surface area contributed by atoms with Gasteiger partial charge in [0.2, 0.25) is 0 Å². The van der Waals surface area contributed by atoms with Gasteiger partial charge in [-0.3, -0.25) is 0 Å². The highest BCUT2D eigenvalue weighted by Crippen LogP contribution is 2.42. The summed E-state index contributed by atoms with van der Waals surface area (Å²) in [7, 11) is 0. The summed E-state index contributed by atoms with van der Waals surface area (Å²) in [5.74, 6) is 0.882. The van der Waals surface area contributed by atoms with Crippen molar-refractivity contribution in [2.75, 3.05) is 0 Å². The van der Waals surface area contributed by atoms with E-state index in [0.717, 1.165) is 5.92 Å². The zero-order chi connectivity index (χ0) is 17.5. The van der Waals surface area contributed by atoms with Crippen molar-refractivity contribution in [2.45, 2.75) is 62.6 Å². The smallest absolute Gasteiger partial charge is 0.0398 e. The lowest BCUT2D eigenvalue weighted by molar-refractivity contribution is 0.357. The number of alkyl halides is 1. The first-order valence-electron chi connectivity index (χ1n) is 10.4. The Kier molecular flexibility index (Phi) is 4.52. The minimum atomic E-state index is 0.531. The first-order valence-corrected chi connectivity index (χ1v) is 11.3. The normalized spacial score (nSPS) is 21.2. The molecule has 2 aliphatic rings. The largest absolute Gasteiger partial charge is 0.0839 e. The molecule has 3 aromatic carbocycles. The second-order valence-electron chi connectivity index (χ2n) is 8.38. The van der Waals surface area contributed by atoms with Gasteiger partial charge in [0, 0.05) is 4.83 Å². The van der Waals surface area contributed by atoms with E-state index >= 15 is 0 Å². The van der Waals surface area contributed by atoms with E-state index in [1.807, 2.05) is 0 Å². The van der Waals surface area contributed by atoms with Crippen molar-refractivity contribution in [3.05, 3.63) is 59.2 Å². The number of hydrogen-bond donors (Lipinski definition) is 0. The number of halogens is 1. The Morgan fingerprint density at radius 2 is 1.54 bits per heavy atom. The van der Waals surface area contributed by atoms with Gasteiger partial charge in [-0.2, -0.15) is 0 Å². The minimum absolute atomic E-state index is 0.531. The number of hydrogen-bond acceptors (Lipinski definition) is 0. The van der Waals surface area contributed by atoms with Crippen molar-refractivity contribution in [1.82, 2.24) is 0 Å². The van der Waals surface area contributed by atoms with Crippen LogP contribution in [0, 0.1) is 5.92 Å². The van der Waals surface area contributed by atoms with Crippen LogP contribution in [0.15, 0.2) is 42.5 Å². The Morgan fingerprint density at radius 3 is 2.38 bits per heavy atom. The number of benzene rings is 3. The third-order valence-electron chi connectivity index (χ3n) is 6.73. The van der Waals surface area contributed by atoms with E-state index in [-0.39, 0.29) is 0 Å². The van der Waals surface area contributed by atoms with Gasteiger partial charge in [-0.25, -0.2) is 0 Å². The van der Waals surface area contributed by atoms with Crippen LogP contribution in [0.2, 0.25) is 0 Å². The predicted octanol–water partition coefficient (Wildman–Crippen LogP) is 7.89. The van der Waals surface area contributed by atoms with Crippen molar-refractivity contribution >= 4 is 37.5 Å². The molecule has 1 unspecified atom stereocenters. The van der Waals surface area contributed by atoms with Gasteiger partial charge in [-0.15, -0.1) is 0 Å². The van der Waals surface area contributed by atoms with Crippen molar-refractivity contribution in [1.29, 1.82) is 0 Å². The fourth-order valence-electron chi connectivity index (χ4n) is 5.39. The van der Waals surface area contributed by atoms with E-state index in [4.69, 9.17) is 0 Å². The first kappa shape index (κ1) is 16.8. The maximum absolute atomic E-state index is 3.92. The molecule has 1 atom stereocenters. The molecule has 2 aliphatic carbocycles. The molecule has 1 heteroatoms. The average molecular weight is 407 g/mol. The molecule has 0 heterocycles. The quantitative estimate of drug-likeness (QED) is 0.299. The maximum atomic E-state index is 3.92. The monoisotopic (exact) mass is 406 g/mol. The van der Waals surface area contributed by atoms with Crippen LogP contribution in [0.25, 0.3) is 21.5 Å². The molecule has 5 rings (SSSR count). The van der Waals surface area contributed by atoms with E-state index < -0.39 is 0 Å². The lowest BCUT2D eigenvalue weighted by Crippen LogP contribution is -2.10. The molecule has 0 N–H and O–H groups in total. The molecule has 0 saturated heterocycles. The summed E-state index contributed by atoms with van der Waals surface area (Å²) in [5, 5.41) is 5.91. The van der Waals surface area contributed by atoms with Gasteiger partial charge in [0.15, 0.2) is 0 Å². The standard InChI is InChI=1S/C25H27Br/c26-25-12-6-11-21-23(25)14-13-22-20-10-5-4-9-19(20)18(16-24(21)22)15-17-7-2-1-3-8-17/h4-5,9-10,13-14,16-17,25H,1-3,6-8,11-12,15H2. The summed E-state index contributed by atoms with van der Waals surface area (Å²) in [6.45, 7) is 0. The number of rotatable bonds is 2. The van der Waals surface area contributed by atoms with Gasteiger partial charge in [-0.1, -0.05) is 90.5 Å². The van der Waals surface area contributed by atoms with Crippen LogP contribution >= 0.6 is 15.9 Å². The fourth-order valence-corrected chi connectivity index (χ4v) is 6.14. The molecule has 0 aliphatic heterocycles. The Balaban J connectivity index is 1.72. The van der Waals surface area contributed by atoms with Crippen molar-refractivity contribution in [3.63, 3.8) is 0 Å². The zero-order valence-corrected chi connectivity index (χ0v) is 17.0. The van der Waals surface area contributed by atoms with Crippen LogP contribution in [0.3, 0.4) is 0 Å². The van der Waals surface area contributed by atoms with Crippen LogP contribution in [-0.4, -0.2) is 0 Å². The van der Waals surface area contributed by atoms with Crippen LogP contribution in [0.1, 0.15) is 66.5 Å². The van der Waals surface area contributed by atoms with Crippen LogP contribution in [-0.2, 0) is 12.8 Å². The SMILES string of the molecule is BrC1CCCc2c1ccc1c2cc(CC2CCCCC2)c2ccccc21. The lowest BCUT2D eigenvalue weighted by Gasteiger charge is -2.25. The highest BCUT2D eigenvalue weighted by atomic mass is 79.9. The minimum Gasteiger partial charge on any atom is -0.0839 e. The Bertz CT molecular complexity index is 949. The summed E-state index contributed by atoms with van der Waals surface area (Å²) < 4.78 is 0. The lowest BCUT2D eigenvalue weighted by atomic mass is 9.81. The second kappa shape index (κ2) is 7.00. The third kappa shape index (κ3) is 2.89. The number of aryl methyl sites for hydroxylation is 1. The Labute approximate surface area is 165 Å². The number of fused-ring (bicyclic) bond motifs is 5. The van der Waals surface area contributed by atoms with Gasteiger partial charge < -0.3 is 0 Å². The van der Waals surface area contributed by atoms with E-state index in [9.17, 15) is 0 Å². The molecule has 1 saturated carbocycles. The molecular weight excluding hydrogens is 380 g/mol. The summed E-state index contributed by atoms with van der Waals surface area (Å²) in [5.41, 5.74) is 4.72. The summed E-state index contributed by atoms with van der Waals surface area (Å²) in [4.78, 5) is 0.531. The Morgan fingerprint density at radius 1 is 0.769 bits per heavy atom. The maximum Gasteiger partial charge on any atom is 0.0398 e. The van der Waals surface area contributed by atoms with Crippen molar-refractivity contribution in [3.8, 4) is 0 Å². The summed E-state index contributed by atoms with van der Waals surface area (Å²) in [6.07, 6.45) is 12.2. The van der Waals surface area contributed by atoms with E-state index in [1.54, 1.807) is 11.1 Å². The van der Waals surface area contributed by atoms with Gasteiger partial charge in [0.05, 0.1) is 0 Å². The molecule has 0 nitrogen and oxygen atoms in total. The predicted molar refractivity (Wildman–Crippen MR) is 116 cm³/mol. The van der Waals surface area contributed by atoms with Crippen LogP contribution < -0.4 is 0 Å². The van der Waals surface area contributed by atoms with Crippen molar-refractivity contribution < 1.29 is 0 Å². The highest BCUT2D eigenvalue weighted by Gasteiger charge is 2.22. The van der Waals surface area contributed by atoms with Crippen LogP contribution in [0.5, 0.6) is 0 Å². The first-order chi connectivity index (χ1) is 12.8. The third-order valence-corrected chi connectivity index (χ3v) is 7.68. The molecule has 0 spiro atoms. The summed E-state index contributed by atoms with van der Waals surface area (Å²) in [6, 6.07) is 16.4. The van der Waals surface area contributed by atoms with Gasteiger partial charge in [0.1, 0.15) is 0 Å². The van der Waals surface area contributed by atoms with Crippen molar-refractivity contribution in [2.24, 2.45) is 5.92 Å². The molecule has 0 bridgehead atoms. The van der Waals surface area contributed by atoms with E-state index in [1.165, 1.54) is 84.9 Å². The molecule has 1 fully saturated rings. The summed E-state index contributed by atoms with van der Waals surface area (Å²) >= 11 is 3.92. The second-order valence-corrected chi connectivity index (χ2v) is 9.48.